The molecule has 0 aliphatic carbocycles. The molecule has 30 heavy (non-hydrogen) atoms. The van der Waals surface area contributed by atoms with Crippen LogP contribution in [0.25, 0.3) is 0 Å². The topological polar surface area (TPSA) is 66.4 Å². The van der Waals surface area contributed by atoms with Gasteiger partial charge in [0.2, 0.25) is 0 Å². The first-order valence-corrected chi connectivity index (χ1v) is 11.0. The summed E-state index contributed by atoms with van der Waals surface area (Å²) in [6, 6.07) is 8.80. The summed E-state index contributed by atoms with van der Waals surface area (Å²) >= 11 is 0. The quantitative estimate of drug-likeness (QED) is 0.451. The Kier molecular flexibility index (Phi) is 8.10. The SMILES string of the molecule is CN=C(NCc1ccc(CN2CC(C)OC(C)C2)cc1)N1CCC(C(=O)OC)CC1. The average molecular weight is 417 g/mol. The molecule has 3 rings (SSSR count). The third kappa shape index (κ3) is 6.19. The molecule has 2 heterocycles. The Morgan fingerprint density at radius 3 is 2.30 bits per heavy atom. The van der Waals surface area contributed by atoms with Crippen molar-refractivity contribution in [2.75, 3.05) is 40.3 Å². The van der Waals surface area contributed by atoms with Gasteiger partial charge in [0.05, 0.1) is 25.2 Å². The van der Waals surface area contributed by atoms with Gasteiger partial charge in [-0.05, 0) is 37.8 Å². The van der Waals surface area contributed by atoms with E-state index in [-0.39, 0.29) is 11.9 Å². The average Bonchev–Trinajstić information content (AvgIpc) is 2.74. The van der Waals surface area contributed by atoms with Crippen LogP contribution in [0.5, 0.6) is 0 Å². The lowest BCUT2D eigenvalue weighted by Crippen LogP contribution is -2.46. The van der Waals surface area contributed by atoms with Gasteiger partial charge in [-0.3, -0.25) is 14.7 Å². The summed E-state index contributed by atoms with van der Waals surface area (Å²) in [6.07, 6.45) is 2.20. The fourth-order valence-corrected chi connectivity index (χ4v) is 4.44. The summed E-state index contributed by atoms with van der Waals surface area (Å²) in [7, 11) is 3.27. The molecule has 0 saturated carbocycles. The fourth-order valence-electron chi connectivity index (χ4n) is 4.44. The zero-order valence-electron chi connectivity index (χ0n) is 18.8. The van der Waals surface area contributed by atoms with Crippen LogP contribution in [-0.4, -0.2) is 74.3 Å². The van der Waals surface area contributed by atoms with Crippen molar-refractivity contribution >= 4 is 11.9 Å². The third-order valence-corrected chi connectivity index (χ3v) is 5.92. The number of guanidine groups is 1. The summed E-state index contributed by atoms with van der Waals surface area (Å²) in [5.74, 6) is 0.798. The number of benzene rings is 1. The Bertz CT molecular complexity index is 704. The molecule has 166 valence electrons. The molecule has 2 atom stereocenters. The lowest BCUT2D eigenvalue weighted by Gasteiger charge is -2.35. The van der Waals surface area contributed by atoms with Crippen molar-refractivity contribution in [3.8, 4) is 0 Å². The minimum atomic E-state index is -0.0984. The standard InChI is InChI=1S/C23H36N4O3/c1-17-14-26(15-18(2)30-17)16-20-7-5-19(6-8-20)13-25-23(24-3)27-11-9-21(10-12-27)22(28)29-4/h5-8,17-18,21H,9-16H2,1-4H3,(H,24,25). The monoisotopic (exact) mass is 416 g/mol. The minimum Gasteiger partial charge on any atom is -0.469 e. The van der Waals surface area contributed by atoms with Crippen LogP contribution >= 0.6 is 0 Å². The van der Waals surface area contributed by atoms with Gasteiger partial charge in [-0.15, -0.1) is 0 Å². The van der Waals surface area contributed by atoms with Gasteiger partial charge < -0.3 is 19.7 Å². The number of methoxy groups -OCH3 is 1. The van der Waals surface area contributed by atoms with Gasteiger partial charge in [0, 0.05) is 46.3 Å². The van der Waals surface area contributed by atoms with E-state index < -0.39 is 0 Å². The van der Waals surface area contributed by atoms with Crippen LogP contribution in [0.1, 0.15) is 37.8 Å². The highest BCUT2D eigenvalue weighted by Crippen LogP contribution is 2.19. The van der Waals surface area contributed by atoms with Crippen molar-refractivity contribution in [1.82, 2.24) is 15.1 Å². The smallest absolute Gasteiger partial charge is 0.308 e. The number of hydrogen-bond donors (Lipinski definition) is 1. The number of nitrogens with zero attached hydrogens (tertiary/aromatic N) is 3. The summed E-state index contributed by atoms with van der Waals surface area (Å²) in [5.41, 5.74) is 2.56. The number of aliphatic imine (C=N–C) groups is 1. The van der Waals surface area contributed by atoms with Crippen LogP contribution in [0.4, 0.5) is 0 Å². The number of carbonyl (C=O) groups excluding carboxylic acids is 1. The molecule has 1 N–H and O–H groups in total. The number of nitrogens with one attached hydrogen (secondary N) is 1. The lowest BCUT2D eigenvalue weighted by atomic mass is 9.97. The fraction of sp³-hybridized carbons (Fsp3) is 0.652. The molecule has 2 aliphatic heterocycles. The molecule has 2 fully saturated rings. The molecular weight excluding hydrogens is 380 g/mol. The Morgan fingerprint density at radius 2 is 1.73 bits per heavy atom. The van der Waals surface area contributed by atoms with Crippen LogP contribution in [0.15, 0.2) is 29.3 Å². The predicted molar refractivity (Wildman–Crippen MR) is 118 cm³/mol. The Balaban J connectivity index is 1.46. The van der Waals surface area contributed by atoms with Gasteiger partial charge in [0.1, 0.15) is 0 Å². The van der Waals surface area contributed by atoms with E-state index in [1.807, 2.05) is 7.05 Å². The minimum absolute atomic E-state index is 0.00865. The third-order valence-electron chi connectivity index (χ3n) is 5.92. The first-order valence-electron chi connectivity index (χ1n) is 11.0. The van der Waals surface area contributed by atoms with E-state index in [9.17, 15) is 4.79 Å². The zero-order valence-corrected chi connectivity index (χ0v) is 18.8. The molecule has 2 unspecified atom stereocenters. The van der Waals surface area contributed by atoms with E-state index in [1.54, 1.807) is 0 Å². The maximum atomic E-state index is 11.7. The van der Waals surface area contributed by atoms with Gasteiger partial charge in [-0.25, -0.2) is 0 Å². The molecule has 1 aromatic rings. The van der Waals surface area contributed by atoms with Gasteiger partial charge in [-0.2, -0.15) is 0 Å². The molecule has 0 radical (unpaired) electrons. The van der Waals surface area contributed by atoms with E-state index in [0.717, 1.165) is 58.1 Å². The van der Waals surface area contributed by atoms with Crippen molar-refractivity contribution < 1.29 is 14.3 Å². The molecular formula is C23H36N4O3. The van der Waals surface area contributed by atoms with Gasteiger partial charge in [0.25, 0.3) is 0 Å². The largest absolute Gasteiger partial charge is 0.469 e. The van der Waals surface area contributed by atoms with E-state index in [4.69, 9.17) is 9.47 Å². The number of likely N-dealkylation sites (tertiary alicyclic amines) is 1. The van der Waals surface area contributed by atoms with Gasteiger partial charge in [-0.1, -0.05) is 24.3 Å². The van der Waals surface area contributed by atoms with E-state index in [2.05, 4.69) is 58.2 Å². The van der Waals surface area contributed by atoms with Gasteiger partial charge in [0.15, 0.2) is 5.96 Å². The second-order valence-corrected chi connectivity index (χ2v) is 8.45. The molecule has 0 spiro atoms. The summed E-state index contributed by atoms with van der Waals surface area (Å²) in [6.45, 7) is 9.57. The van der Waals surface area contributed by atoms with Crippen LogP contribution in [-0.2, 0) is 27.4 Å². The van der Waals surface area contributed by atoms with Crippen molar-refractivity contribution in [1.29, 1.82) is 0 Å². The number of piperidine rings is 1. The second kappa shape index (κ2) is 10.8. The maximum Gasteiger partial charge on any atom is 0.308 e. The first-order chi connectivity index (χ1) is 14.5. The highest BCUT2D eigenvalue weighted by molar-refractivity contribution is 5.80. The molecule has 7 heteroatoms. The van der Waals surface area contributed by atoms with Crippen LogP contribution in [0, 0.1) is 5.92 Å². The van der Waals surface area contributed by atoms with E-state index in [1.165, 1.54) is 18.2 Å². The zero-order chi connectivity index (χ0) is 21.5. The number of hydrogen-bond acceptors (Lipinski definition) is 5. The predicted octanol–water partition coefficient (Wildman–Crippen LogP) is 2.26. The van der Waals surface area contributed by atoms with E-state index in [0.29, 0.717) is 12.2 Å². The van der Waals surface area contributed by atoms with Crippen LogP contribution < -0.4 is 5.32 Å². The highest BCUT2D eigenvalue weighted by atomic mass is 16.5. The Hall–Kier alpha value is -2.12. The van der Waals surface area contributed by atoms with Crippen molar-refractivity contribution in [2.45, 2.75) is 52.0 Å². The lowest BCUT2D eigenvalue weighted by molar-refractivity contribution is -0.146. The number of rotatable bonds is 5. The van der Waals surface area contributed by atoms with Crippen LogP contribution in [0.2, 0.25) is 0 Å². The molecule has 7 nitrogen and oxygen atoms in total. The highest BCUT2D eigenvalue weighted by Gasteiger charge is 2.27. The number of ether oxygens (including phenoxy) is 2. The normalized spacial score (nSPS) is 24.0. The molecule has 0 aromatic heterocycles. The molecule has 0 bridgehead atoms. The molecule has 0 amide bonds. The second-order valence-electron chi connectivity index (χ2n) is 8.45. The summed E-state index contributed by atoms with van der Waals surface area (Å²) in [5, 5.41) is 3.46. The summed E-state index contributed by atoms with van der Waals surface area (Å²) in [4.78, 5) is 20.8. The molecule has 2 saturated heterocycles. The molecule has 2 aliphatic rings. The first kappa shape index (κ1) is 22.6. The summed E-state index contributed by atoms with van der Waals surface area (Å²) < 4.78 is 10.7. The number of morpholine rings is 1. The maximum absolute atomic E-state index is 11.7. The number of carbonyl (C=O) groups is 1. The Morgan fingerprint density at radius 1 is 1.13 bits per heavy atom. The van der Waals surface area contributed by atoms with Crippen molar-refractivity contribution in [3.05, 3.63) is 35.4 Å². The Labute approximate surface area is 180 Å². The van der Waals surface area contributed by atoms with Crippen LogP contribution in [0.3, 0.4) is 0 Å². The van der Waals surface area contributed by atoms with Crippen molar-refractivity contribution in [3.63, 3.8) is 0 Å². The van der Waals surface area contributed by atoms with Crippen molar-refractivity contribution in [2.24, 2.45) is 10.9 Å². The van der Waals surface area contributed by atoms with Gasteiger partial charge >= 0.3 is 5.97 Å². The molecule has 1 aromatic carbocycles. The van der Waals surface area contributed by atoms with E-state index >= 15 is 0 Å². The number of esters is 1.